The van der Waals surface area contributed by atoms with Gasteiger partial charge in [0.15, 0.2) is 5.69 Å². The van der Waals surface area contributed by atoms with E-state index in [1.165, 1.54) is 23.0 Å². The second kappa shape index (κ2) is 9.28. The summed E-state index contributed by atoms with van der Waals surface area (Å²) in [6.45, 7) is 10.8. The lowest BCUT2D eigenvalue weighted by atomic mass is 9.98. The van der Waals surface area contributed by atoms with Crippen molar-refractivity contribution in [1.82, 2.24) is 24.9 Å². The molecular weight excluding hydrogens is 450 g/mol. The summed E-state index contributed by atoms with van der Waals surface area (Å²) in [6, 6.07) is 4.64. The van der Waals surface area contributed by atoms with Crippen LogP contribution in [0.1, 0.15) is 81.3 Å². The Hall–Kier alpha value is -4.08. The van der Waals surface area contributed by atoms with Gasteiger partial charge in [-0.05, 0) is 63.3 Å². The number of ether oxygens (including phenoxy) is 2. The molecule has 1 N–H and O–H groups in total. The molecule has 1 aliphatic rings. The number of carbonyl (C=O) groups excluding carboxylic acids is 3. The minimum Gasteiger partial charge on any atom is -0.458 e. The van der Waals surface area contributed by atoms with Crippen LogP contribution in [0.3, 0.4) is 0 Å². The van der Waals surface area contributed by atoms with Crippen LogP contribution in [0.4, 0.5) is 0 Å². The summed E-state index contributed by atoms with van der Waals surface area (Å²) in [7, 11) is 0. The van der Waals surface area contributed by atoms with Gasteiger partial charge in [0.1, 0.15) is 24.2 Å². The highest BCUT2D eigenvalue weighted by molar-refractivity contribution is 5.97. The van der Waals surface area contributed by atoms with E-state index in [-0.39, 0.29) is 29.8 Å². The highest BCUT2D eigenvalue weighted by atomic mass is 16.6. The molecule has 1 aliphatic carbocycles. The number of nitrogens with zero attached hydrogens (tertiary/aromatic N) is 4. The Morgan fingerprint density at radius 3 is 2.74 bits per heavy atom. The first-order chi connectivity index (χ1) is 16.6. The summed E-state index contributed by atoms with van der Waals surface area (Å²) >= 11 is 0. The molecule has 10 heteroatoms. The van der Waals surface area contributed by atoms with Crippen molar-refractivity contribution in [3.8, 4) is 0 Å². The number of amides is 1. The molecule has 0 bridgehead atoms. The summed E-state index contributed by atoms with van der Waals surface area (Å²) in [5.41, 5.74) is 2.65. The number of aromatic nitrogens is 4. The zero-order chi connectivity index (χ0) is 25.3. The maximum absolute atomic E-state index is 13.3. The van der Waals surface area contributed by atoms with Crippen LogP contribution in [0.15, 0.2) is 37.2 Å². The minimum atomic E-state index is -0.719. The lowest BCUT2D eigenvalue weighted by Crippen LogP contribution is -2.30. The average molecular weight is 478 g/mol. The topological polar surface area (TPSA) is 125 Å². The van der Waals surface area contributed by atoms with Crippen molar-refractivity contribution < 1.29 is 23.9 Å². The molecule has 0 saturated carbocycles. The summed E-state index contributed by atoms with van der Waals surface area (Å²) < 4.78 is 11.9. The van der Waals surface area contributed by atoms with Crippen LogP contribution in [0.25, 0.3) is 5.78 Å². The van der Waals surface area contributed by atoms with Crippen molar-refractivity contribution >= 4 is 23.6 Å². The predicted molar refractivity (Wildman–Crippen MR) is 126 cm³/mol. The molecule has 1 atom stereocenters. The second-order valence-corrected chi connectivity index (χ2v) is 9.26. The second-order valence-electron chi connectivity index (χ2n) is 9.26. The van der Waals surface area contributed by atoms with Gasteiger partial charge in [-0.1, -0.05) is 18.7 Å². The van der Waals surface area contributed by atoms with Crippen molar-refractivity contribution in [2.24, 2.45) is 0 Å². The van der Waals surface area contributed by atoms with Gasteiger partial charge in [0.25, 0.3) is 11.7 Å². The van der Waals surface area contributed by atoms with Crippen LogP contribution in [0.5, 0.6) is 0 Å². The number of hydrogen-bond donors (Lipinski definition) is 1. The molecule has 0 saturated heterocycles. The van der Waals surface area contributed by atoms with Gasteiger partial charge in [0, 0.05) is 6.07 Å². The normalized spacial score (nSPS) is 14.9. The number of esters is 2. The van der Waals surface area contributed by atoms with Crippen molar-refractivity contribution in [2.45, 2.75) is 52.2 Å². The Morgan fingerprint density at radius 1 is 1.26 bits per heavy atom. The lowest BCUT2D eigenvalue weighted by molar-refractivity contribution is 0.00626. The largest absolute Gasteiger partial charge is 0.458 e. The van der Waals surface area contributed by atoms with Crippen molar-refractivity contribution in [2.75, 3.05) is 6.61 Å². The molecule has 1 aromatic carbocycles. The number of fused-ring (bicyclic) bond motifs is 2. The zero-order valence-electron chi connectivity index (χ0n) is 20.1. The lowest BCUT2D eigenvalue weighted by Gasteiger charge is -2.19. The first-order valence-corrected chi connectivity index (χ1v) is 11.2. The molecule has 10 nitrogen and oxygen atoms in total. The Morgan fingerprint density at radius 2 is 2.03 bits per heavy atom. The molecule has 0 aliphatic heterocycles. The van der Waals surface area contributed by atoms with E-state index in [4.69, 9.17) is 9.47 Å². The van der Waals surface area contributed by atoms with Gasteiger partial charge in [-0.15, -0.1) is 0 Å². The van der Waals surface area contributed by atoms with Gasteiger partial charge >= 0.3 is 11.9 Å². The Labute approximate surface area is 202 Å². The van der Waals surface area contributed by atoms with E-state index < -0.39 is 23.4 Å². The van der Waals surface area contributed by atoms with Crippen molar-refractivity contribution in [3.63, 3.8) is 0 Å². The smallest absolute Gasteiger partial charge is 0.357 e. The van der Waals surface area contributed by atoms with Crippen LogP contribution in [0, 0.1) is 6.92 Å². The third-order valence-electron chi connectivity index (χ3n) is 5.64. The number of hydrogen-bond acceptors (Lipinski definition) is 8. The maximum Gasteiger partial charge on any atom is 0.357 e. The van der Waals surface area contributed by atoms with E-state index in [1.54, 1.807) is 26.8 Å². The highest BCUT2D eigenvalue weighted by Gasteiger charge is 2.29. The van der Waals surface area contributed by atoms with E-state index in [0.29, 0.717) is 18.4 Å². The van der Waals surface area contributed by atoms with Gasteiger partial charge < -0.3 is 14.8 Å². The fourth-order valence-electron chi connectivity index (χ4n) is 4.10. The first kappa shape index (κ1) is 24.1. The fraction of sp³-hybridized carbons (Fsp3) is 0.360. The van der Waals surface area contributed by atoms with Gasteiger partial charge in [0.2, 0.25) is 0 Å². The standard InChI is InChI=1S/C25H27N5O5/c1-6-11-34-22(32)16-7-8-17-15(14(16)2)9-10-18(17)28-21(31)20-12-19(23(33)35-25(3,4)5)29-24-26-13-27-30(20)24/h6-8,12-13,18H,1,9-11H2,2-5H3,(H,28,31)/t18-/m0/s1. The average Bonchev–Trinajstić information content (AvgIpc) is 3.43. The third kappa shape index (κ3) is 4.91. The van der Waals surface area contributed by atoms with Gasteiger partial charge in [0.05, 0.1) is 11.6 Å². The molecule has 2 aromatic heterocycles. The summed E-state index contributed by atoms with van der Waals surface area (Å²) in [5.74, 6) is -1.38. The summed E-state index contributed by atoms with van der Waals surface area (Å²) in [6.07, 6.45) is 4.15. The van der Waals surface area contributed by atoms with Crippen molar-refractivity contribution in [1.29, 1.82) is 0 Å². The van der Waals surface area contributed by atoms with E-state index in [0.717, 1.165) is 16.7 Å². The van der Waals surface area contributed by atoms with E-state index in [2.05, 4.69) is 27.0 Å². The number of rotatable bonds is 6. The van der Waals surface area contributed by atoms with Gasteiger partial charge in [-0.3, -0.25) is 4.79 Å². The molecule has 4 rings (SSSR count). The molecule has 182 valence electrons. The minimum absolute atomic E-state index is 0.0316. The Kier molecular flexibility index (Phi) is 6.38. The van der Waals surface area contributed by atoms with Crippen LogP contribution < -0.4 is 5.32 Å². The van der Waals surface area contributed by atoms with E-state index >= 15 is 0 Å². The molecule has 35 heavy (non-hydrogen) atoms. The van der Waals surface area contributed by atoms with Gasteiger partial charge in [-0.2, -0.15) is 14.6 Å². The molecule has 2 heterocycles. The highest BCUT2D eigenvalue weighted by Crippen LogP contribution is 2.35. The van der Waals surface area contributed by atoms with Crippen LogP contribution in [-0.4, -0.2) is 49.6 Å². The maximum atomic E-state index is 13.3. The van der Waals surface area contributed by atoms with E-state index in [9.17, 15) is 14.4 Å². The Bertz CT molecular complexity index is 1340. The quantitative estimate of drug-likeness (QED) is 0.424. The predicted octanol–water partition coefficient (Wildman–Crippen LogP) is 3.15. The summed E-state index contributed by atoms with van der Waals surface area (Å²) in [4.78, 5) is 46.4. The summed E-state index contributed by atoms with van der Waals surface area (Å²) in [5, 5.41) is 7.10. The monoisotopic (exact) mass is 477 g/mol. The number of carbonyl (C=O) groups is 3. The number of nitrogens with one attached hydrogen (secondary N) is 1. The van der Waals surface area contributed by atoms with Gasteiger partial charge in [-0.25, -0.2) is 14.6 Å². The van der Waals surface area contributed by atoms with Crippen LogP contribution in [0.2, 0.25) is 0 Å². The number of benzene rings is 1. The SMILES string of the molecule is C=CCOC(=O)c1ccc2c(c1C)CC[C@@H]2NC(=O)c1cc(C(=O)OC(C)(C)C)nc2ncnn12. The Balaban J connectivity index is 1.60. The molecule has 0 unspecified atom stereocenters. The van der Waals surface area contributed by atoms with Crippen LogP contribution in [-0.2, 0) is 15.9 Å². The third-order valence-corrected chi connectivity index (χ3v) is 5.64. The first-order valence-electron chi connectivity index (χ1n) is 11.2. The fourth-order valence-corrected chi connectivity index (χ4v) is 4.10. The van der Waals surface area contributed by atoms with Crippen LogP contribution >= 0.6 is 0 Å². The molecule has 0 spiro atoms. The molecule has 0 fully saturated rings. The molecule has 3 aromatic rings. The molecule has 0 radical (unpaired) electrons. The zero-order valence-corrected chi connectivity index (χ0v) is 20.1. The molecular formula is C25H27N5O5. The van der Waals surface area contributed by atoms with E-state index in [1.807, 2.05) is 13.0 Å². The molecule has 1 amide bonds. The van der Waals surface area contributed by atoms with Crippen molar-refractivity contribution in [3.05, 3.63) is 70.8 Å².